The van der Waals surface area contributed by atoms with Crippen molar-refractivity contribution in [1.82, 2.24) is 4.90 Å². The second-order valence-electron chi connectivity index (χ2n) is 3.61. The molecule has 1 aliphatic heterocycles. The summed E-state index contributed by atoms with van der Waals surface area (Å²) < 4.78 is 0.200. The quantitative estimate of drug-likeness (QED) is 0.703. The lowest BCUT2D eigenvalue weighted by atomic mass is 9.92. The lowest BCUT2D eigenvalue weighted by Crippen LogP contribution is -2.44. The second-order valence-corrected chi connectivity index (χ2v) is 6.33. The average Bonchev–Trinajstić information content (AvgIpc) is 2.51. The maximum Gasteiger partial charge on any atom is 0.245 e. The Morgan fingerprint density at radius 3 is 2.38 bits per heavy atom. The molecule has 4 heteroatoms. The first kappa shape index (κ1) is 9.71. The molecule has 1 heterocycles. The molecule has 0 aromatic carbocycles. The van der Waals surface area contributed by atoms with Gasteiger partial charge in [-0.25, -0.2) is 0 Å². The van der Waals surface area contributed by atoms with Crippen molar-refractivity contribution in [3.05, 3.63) is 0 Å². The monoisotopic (exact) mass is 217 g/mol. The van der Waals surface area contributed by atoms with Crippen LogP contribution in [0.25, 0.3) is 0 Å². The van der Waals surface area contributed by atoms with E-state index in [-0.39, 0.29) is 4.58 Å². The highest BCUT2D eigenvalue weighted by atomic mass is 32.2. The maximum absolute atomic E-state index is 11.9. The molecule has 2 nitrogen and oxygen atoms in total. The van der Waals surface area contributed by atoms with E-state index in [4.69, 9.17) is 0 Å². The molecule has 2 aliphatic rings. The van der Waals surface area contributed by atoms with Crippen LogP contribution in [0.3, 0.4) is 0 Å². The van der Waals surface area contributed by atoms with Crippen LogP contribution >= 0.6 is 23.5 Å². The number of amides is 1. The predicted molar refractivity (Wildman–Crippen MR) is 59.1 cm³/mol. The molecule has 0 aromatic heterocycles. The number of rotatable bonds is 2. The van der Waals surface area contributed by atoms with Crippen LogP contribution in [-0.2, 0) is 4.79 Å². The third-order valence-corrected chi connectivity index (χ3v) is 5.76. The molecule has 0 aromatic rings. The topological polar surface area (TPSA) is 20.3 Å². The summed E-state index contributed by atoms with van der Waals surface area (Å²) in [5.74, 6) is 2.62. The van der Waals surface area contributed by atoms with Crippen LogP contribution in [0.15, 0.2) is 0 Å². The Morgan fingerprint density at radius 2 is 1.92 bits per heavy atom. The van der Waals surface area contributed by atoms with E-state index in [1.165, 1.54) is 19.3 Å². The van der Waals surface area contributed by atoms with Crippen LogP contribution in [0.5, 0.6) is 0 Å². The Hall–Kier alpha value is 0.170. The van der Waals surface area contributed by atoms with Crippen LogP contribution in [0.4, 0.5) is 0 Å². The highest BCUT2D eigenvalue weighted by Crippen LogP contribution is 2.35. The molecule has 0 unspecified atom stereocenters. The molecule has 0 bridgehead atoms. The number of hydrogen-bond acceptors (Lipinski definition) is 3. The molecule has 0 radical (unpaired) electrons. The van der Waals surface area contributed by atoms with Crippen molar-refractivity contribution in [3.63, 3.8) is 0 Å². The van der Waals surface area contributed by atoms with Crippen LogP contribution in [0.1, 0.15) is 19.3 Å². The normalized spacial score (nSPS) is 24.4. The van der Waals surface area contributed by atoms with Crippen molar-refractivity contribution in [3.8, 4) is 0 Å². The fourth-order valence-corrected chi connectivity index (χ4v) is 4.40. The SMILES string of the molecule is CN(C(=O)C1SCCS1)C1CCC1. The van der Waals surface area contributed by atoms with E-state index in [1.54, 1.807) is 23.5 Å². The zero-order valence-electron chi connectivity index (χ0n) is 7.86. The van der Waals surface area contributed by atoms with Gasteiger partial charge in [-0.05, 0) is 19.3 Å². The third kappa shape index (κ3) is 1.99. The minimum atomic E-state index is 0.200. The lowest BCUT2D eigenvalue weighted by Gasteiger charge is -2.35. The Balaban J connectivity index is 1.87. The molecule has 2 fully saturated rings. The van der Waals surface area contributed by atoms with Gasteiger partial charge in [0.15, 0.2) is 0 Å². The minimum Gasteiger partial charge on any atom is -0.341 e. The summed E-state index contributed by atoms with van der Waals surface area (Å²) in [7, 11) is 1.96. The van der Waals surface area contributed by atoms with Crippen molar-refractivity contribution >= 4 is 29.4 Å². The average molecular weight is 217 g/mol. The molecule has 1 aliphatic carbocycles. The molecule has 1 saturated heterocycles. The highest BCUT2D eigenvalue weighted by Gasteiger charge is 2.32. The van der Waals surface area contributed by atoms with Gasteiger partial charge in [-0.15, -0.1) is 23.5 Å². The van der Waals surface area contributed by atoms with Gasteiger partial charge in [0, 0.05) is 24.6 Å². The number of carbonyl (C=O) groups excluding carboxylic acids is 1. The third-order valence-electron chi connectivity index (χ3n) is 2.79. The van der Waals surface area contributed by atoms with Crippen molar-refractivity contribution in [1.29, 1.82) is 0 Å². The Bertz CT molecular complexity index is 200. The first-order chi connectivity index (χ1) is 6.29. The van der Waals surface area contributed by atoms with Gasteiger partial charge in [-0.1, -0.05) is 0 Å². The minimum absolute atomic E-state index is 0.200. The van der Waals surface area contributed by atoms with Gasteiger partial charge in [-0.2, -0.15) is 0 Å². The molecule has 1 amide bonds. The van der Waals surface area contributed by atoms with Gasteiger partial charge in [0.2, 0.25) is 5.91 Å². The van der Waals surface area contributed by atoms with Crippen LogP contribution in [-0.4, -0.2) is 40.0 Å². The van der Waals surface area contributed by atoms with Crippen molar-refractivity contribution in [2.75, 3.05) is 18.6 Å². The van der Waals surface area contributed by atoms with E-state index in [0.717, 1.165) is 11.5 Å². The zero-order chi connectivity index (χ0) is 9.26. The number of nitrogens with zero attached hydrogens (tertiary/aromatic N) is 1. The van der Waals surface area contributed by atoms with E-state index < -0.39 is 0 Å². The molecule has 0 N–H and O–H groups in total. The molecule has 74 valence electrons. The molecule has 1 saturated carbocycles. The maximum atomic E-state index is 11.9. The van der Waals surface area contributed by atoms with E-state index >= 15 is 0 Å². The van der Waals surface area contributed by atoms with Crippen LogP contribution in [0, 0.1) is 0 Å². The largest absolute Gasteiger partial charge is 0.341 e. The van der Waals surface area contributed by atoms with Crippen molar-refractivity contribution in [2.45, 2.75) is 29.9 Å². The molecular formula is C9H15NOS2. The summed E-state index contributed by atoms with van der Waals surface area (Å²) in [6.07, 6.45) is 3.72. The van der Waals surface area contributed by atoms with Gasteiger partial charge in [0.25, 0.3) is 0 Å². The van der Waals surface area contributed by atoms with E-state index in [9.17, 15) is 4.79 Å². The standard InChI is InChI=1S/C9H15NOS2/c1-10(7-3-2-4-7)8(11)9-12-5-6-13-9/h7,9H,2-6H2,1H3. The fourth-order valence-electron chi connectivity index (χ4n) is 1.62. The summed E-state index contributed by atoms with van der Waals surface area (Å²) in [5.41, 5.74) is 0. The van der Waals surface area contributed by atoms with Gasteiger partial charge in [0.1, 0.15) is 4.58 Å². The number of thioether (sulfide) groups is 2. The van der Waals surface area contributed by atoms with E-state index in [0.29, 0.717) is 11.9 Å². The molecule has 13 heavy (non-hydrogen) atoms. The predicted octanol–water partition coefficient (Wildman–Crippen LogP) is 1.80. The molecular weight excluding hydrogens is 202 g/mol. The van der Waals surface area contributed by atoms with E-state index in [1.807, 2.05) is 11.9 Å². The highest BCUT2D eigenvalue weighted by molar-refractivity contribution is 8.21. The molecule has 0 spiro atoms. The van der Waals surface area contributed by atoms with Gasteiger partial charge in [0.05, 0.1) is 0 Å². The van der Waals surface area contributed by atoms with Gasteiger partial charge < -0.3 is 4.90 Å². The Labute approximate surface area is 87.8 Å². The fraction of sp³-hybridized carbons (Fsp3) is 0.889. The van der Waals surface area contributed by atoms with Gasteiger partial charge >= 0.3 is 0 Å². The Kier molecular flexibility index (Phi) is 3.09. The first-order valence-electron chi connectivity index (χ1n) is 4.79. The summed E-state index contributed by atoms with van der Waals surface area (Å²) in [6.45, 7) is 0. The zero-order valence-corrected chi connectivity index (χ0v) is 9.50. The van der Waals surface area contributed by atoms with Gasteiger partial charge in [-0.3, -0.25) is 4.79 Å². The second kappa shape index (κ2) is 4.13. The van der Waals surface area contributed by atoms with E-state index in [2.05, 4.69) is 0 Å². The molecule has 0 atom stereocenters. The summed E-state index contributed by atoms with van der Waals surface area (Å²) >= 11 is 3.61. The molecule has 2 rings (SSSR count). The lowest BCUT2D eigenvalue weighted by molar-refractivity contribution is -0.131. The summed E-state index contributed by atoms with van der Waals surface area (Å²) in [4.78, 5) is 13.8. The van der Waals surface area contributed by atoms with Crippen LogP contribution < -0.4 is 0 Å². The number of hydrogen-bond donors (Lipinski definition) is 0. The van der Waals surface area contributed by atoms with Crippen molar-refractivity contribution in [2.24, 2.45) is 0 Å². The van der Waals surface area contributed by atoms with Crippen molar-refractivity contribution < 1.29 is 4.79 Å². The smallest absolute Gasteiger partial charge is 0.245 e. The van der Waals surface area contributed by atoms with Crippen LogP contribution in [0.2, 0.25) is 0 Å². The Morgan fingerprint density at radius 1 is 1.31 bits per heavy atom. The first-order valence-corrected chi connectivity index (χ1v) is 6.88. The number of carbonyl (C=O) groups is 1. The summed E-state index contributed by atoms with van der Waals surface area (Å²) in [6, 6.07) is 0.550. The summed E-state index contributed by atoms with van der Waals surface area (Å²) in [5, 5.41) is 0.